The van der Waals surface area contributed by atoms with Gasteiger partial charge in [0.15, 0.2) is 5.82 Å². The summed E-state index contributed by atoms with van der Waals surface area (Å²) in [6.07, 6.45) is 1.88. The minimum absolute atomic E-state index is 0.0319. The quantitative estimate of drug-likeness (QED) is 0.894. The van der Waals surface area contributed by atoms with Crippen molar-refractivity contribution in [2.24, 2.45) is 5.92 Å². The third-order valence-corrected chi connectivity index (χ3v) is 4.54. The van der Waals surface area contributed by atoms with Crippen molar-refractivity contribution < 1.29 is 4.79 Å². The number of rotatable bonds is 3. The predicted octanol–water partition coefficient (Wildman–Crippen LogP) is 3.40. The third-order valence-electron chi connectivity index (χ3n) is 4.01. The number of hydrogen-bond donors (Lipinski definition) is 1. The maximum absolute atomic E-state index is 12.5. The molecule has 1 aliphatic heterocycles. The molecule has 120 valence electrons. The first-order chi connectivity index (χ1) is 11.1. The number of amides is 1. The minimum Gasteiger partial charge on any atom is -0.354 e. The van der Waals surface area contributed by atoms with Gasteiger partial charge < -0.3 is 10.2 Å². The van der Waals surface area contributed by atoms with E-state index >= 15 is 0 Å². The van der Waals surface area contributed by atoms with E-state index in [1.54, 1.807) is 0 Å². The zero-order valence-corrected chi connectivity index (χ0v) is 14.6. The number of piperidine rings is 1. The van der Waals surface area contributed by atoms with Crippen LogP contribution in [0.15, 0.2) is 40.9 Å². The van der Waals surface area contributed by atoms with Gasteiger partial charge in [-0.2, -0.15) is 5.10 Å². The number of nitrogens with zero attached hydrogens (tertiary/aromatic N) is 3. The van der Waals surface area contributed by atoms with Gasteiger partial charge in [-0.05, 0) is 56.2 Å². The average Bonchev–Trinajstić information content (AvgIpc) is 2.58. The van der Waals surface area contributed by atoms with Gasteiger partial charge in [0.1, 0.15) is 0 Å². The molecule has 2 heterocycles. The van der Waals surface area contributed by atoms with E-state index in [4.69, 9.17) is 0 Å². The van der Waals surface area contributed by atoms with Gasteiger partial charge in [-0.3, -0.25) is 4.79 Å². The normalized spacial score (nSPS) is 17.8. The van der Waals surface area contributed by atoms with Crippen molar-refractivity contribution in [2.75, 3.05) is 23.3 Å². The molecule has 1 aliphatic rings. The molecular weight excluding hydrogens is 356 g/mol. The second kappa shape index (κ2) is 7.08. The Morgan fingerprint density at radius 3 is 2.70 bits per heavy atom. The van der Waals surface area contributed by atoms with Gasteiger partial charge in [-0.25, -0.2) is 0 Å². The molecule has 0 radical (unpaired) electrons. The summed E-state index contributed by atoms with van der Waals surface area (Å²) < 4.78 is 0.997. The molecule has 1 saturated heterocycles. The van der Waals surface area contributed by atoms with Crippen molar-refractivity contribution in [2.45, 2.75) is 19.8 Å². The molecule has 6 heteroatoms. The Balaban J connectivity index is 1.64. The molecule has 1 amide bonds. The van der Waals surface area contributed by atoms with Crippen LogP contribution in [0.1, 0.15) is 18.5 Å². The molecule has 0 spiro atoms. The number of hydrogen-bond acceptors (Lipinski definition) is 4. The highest BCUT2D eigenvalue weighted by molar-refractivity contribution is 9.10. The van der Waals surface area contributed by atoms with Crippen molar-refractivity contribution in [1.82, 2.24) is 10.2 Å². The van der Waals surface area contributed by atoms with Crippen LogP contribution in [0, 0.1) is 12.8 Å². The van der Waals surface area contributed by atoms with Crippen LogP contribution in [0.4, 0.5) is 11.5 Å². The molecule has 23 heavy (non-hydrogen) atoms. The van der Waals surface area contributed by atoms with Crippen LogP contribution in [-0.4, -0.2) is 29.2 Å². The lowest BCUT2D eigenvalue weighted by molar-refractivity contribution is -0.120. The summed E-state index contributed by atoms with van der Waals surface area (Å²) in [5.74, 6) is 0.879. The highest BCUT2D eigenvalue weighted by Gasteiger charge is 2.26. The summed E-state index contributed by atoms with van der Waals surface area (Å²) in [7, 11) is 0. The largest absolute Gasteiger partial charge is 0.354 e. The highest BCUT2D eigenvalue weighted by Crippen LogP contribution is 2.23. The van der Waals surface area contributed by atoms with Crippen LogP contribution in [-0.2, 0) is 4.79 Å². The monoisotopic (exact) mass is 374 g/mol. The molecular formula is C17H19BrN4O. The summed E-state index contributed by atoms with van der Waals surface area (Å²) in [5, 5.41) is 11.3. The number of halogens is 1. The molecule has 1 aromatic heterocycles. The first-order valence-corrected chi connectivity index (χ1v) is 8.53. The number of carbonyl (C=O) groups excluding carboxylic acids is 1. The Morgan fingerprint density at radius 1 is 1.22 bits per heavy atom. The van der Waals surface area contributed by atoms with E-state index in [1.165, 1.54) is 0 Å². The number of carbonyl (C=O) groups is 1. The molecule has 0 bridgehead atoms. The number of anilines is 2. The SMILES string of the molecule is Cc1ccc(N2CCCC(C(=O)Nc3ccc(Br)cc3)C2)nn1. The van der Waals surface area contributed by atoms with Crippen molar-refractivity contribution in [3.63, 3.8) is 0 Å². The molecule has 1 fully saturated rings. The third kappa shape index (κ3) is 4.07. The first-order valence-electron chi connectivity index (χ1n) is 7.73. The standard InChI is InChI=1S/C17H19BrN4O/c1-12-4-9-16(21-20-12)22-10-2-3-13(11-22)17(23)19-15-7-5-14(18)6-8-15/h4-9,13H,2-3,10-11H2,1H3,(H,19,23). The predicted molar refractivity (Wildman–Crippen MR) is 94.5 cm³/mol. The first kappa shape index (κ1) is 15.9. The summed E-state index contributed by atoms with van der Waals surface area (Å²) in [5.41, 5.74) is 1.72. The van der Waals surface area contributed by atoms with Gasteiger partial charge in [0.25, 0.3) is 0 Å². The maximum Gasteiger partial charge on any atom is 0.229 e. The van der Waals surface area contributed by atoms with Crippen molar-refractivity contribution in [3.05, 3.63) is 46.6 Å². The van der Waals surface area contributed by atoms with E-state index in [9.17, 15) is 4.79 Å². The summed E-state index contributed by atoms with van der Waals surface area (Å²) >= 11 is 3.39. The zero-order chi connectivity index (χ0) is 16.2. The van der Waals surface area contributed by atoms with E-state index in [1.807, 2.05) is 43.3 Å². The number of aryl methyl sites for hydroxylation is 1. The second-order valence-corrected chi connectivity index (χ2v) is 6.73. The molecule has 5 nitrogen and oxygen atoms in total. The van der Waals surface area contributed by atoms with Crippen LogP contribution >= 0.6 is 15.9 Å². The van der Waals surface area contributed by atoms with Gasteiger partial charge in [0.2, 0.25) is 5.91 Å². The van der Waals surface area contributed by atoms with E-state index in [2.05, 4.69) is 36.3 Å². The Bertz CT molecular complexity index is 672. The van der Waals surface area contributed by atoms with Crippen LogP contribution in [0.3, 0.4) is 0 Å². The lowest BCUT2D eigenvalue weighted by Gasteiger charge is -2.32. The summed E-state index contributed by atoms with van der Waals surface area (Å²) in [6.45, 7) is 3.52. The van der Waals surface area contributed by atoms with Gasteiger partial charge in [0, 0.05) is 23.2 Å². The fourth-order valence-corrected chi connectivity index (χ4v) is 3.00. The van der Waals surface area contributed by atoms with Gasteiger partial charge >= 0.3 is 0 Å². The molecule has 1 atom stereocenters. The fourth-order valence-electron chi connectivity index (χ4n) is 2.74. The minimum atomic E-state index is -0.0319. The summed E-state index contributed by atoms with van der Waals surface area (Å²) in [4.78, 5) is 14.6. The Hall–Kier alpha value is -1.95. The van der Waals surface area contributed by atoms with Gasteiger partial charge in [-0.15, -0.1) is 5.10 Å². The topological polar surface area (TPSA) is 58.1 Å². The highest BCUT2D eigenvalue weighted by atomic mass is 79.9. The van der Waals surface area contributed by atoms with E-state index in [0.29, 0.717) is 6.54 Å². The molecule has 1 N–H and O–H groups in total. The number of aromatic nitrogens is 2. The van der Waals surface area contributed by atoms with Gasteiger partial charge in [0.05, 0.1) is 11.6 Å². The lowest BCUT2D eigenvalue weighted by atomic mass is 9.97. The van der Waals surface area contributed by atoms with Crippen LogP contribution in [0.25, 0.3) is 0 Å². The van der Waals surface area contributed by atoms with Crippen molar-refractivity contribution in [1.29, 1.82) is 0 Å². The Labute approximate surface area is 144 Å². The van der Waals surface area contributed by atoms with Crippen molar-refractivity contribution in [3.8, 4) is 0 Å². The smallest absolute Gasteiger partial charge is 0.229 e. The molecule has 2 aromatic rings. The molecule has 1 aromatic carbocycles. The average molecular weight is 375 g/mol. The molecule has 1 unspecified atom stereocenters. The summed E-state index contributed by atoms with van der Waals surface area (Å²) in [6, 6.07) is 11.6. The lowest BCUT2D eigenvalue weighted by Crippen LogP contribution is -2.41. The van der Waals surface area contributed by atoms with E-state index in [-0.39, 0.29) is 11.8 Å². The number of benzene rings is 1. The van der Waals surface area contributed by atoms with Crippen LogP contribution in [0.5, 0.6) is 0 Å². The Kier molecular flexibility index (Phi) is 4.91. The molecule has 0 aliphatic carbocycles. The van der Waals surface area contributed by atoms with Crippen LogP contribution in [0.2, 0.25) is 0 Å². The molecule has 3 rings (SSSR count). The van der Waals surface area contributed by atoms with E-state index in [0.717, 1.165) is 41.1 Å². The van der Waals surface area contributed by atoms with Crippen molar-refractivity contribution >= 4 is 33.3 Å². The maximum atomic E-state index is 12.5. The van der Waals surface area contributed by atoms with Crippen LogP contribution < -0.4 is 10.2 Å². The van der Waals surface area contributed by atoms with Gasteiger partial charge in [-0.1, -0.05) is 15.9 Å². The second-order valence-electron chi connectivity index (χ2n) is 5.81. The zero-order valence-electron chi connectivity index (χ0n) is 13.0. The fraction of sp³-hybridized carbons (Fsp3) is 0.353. The number of nitrogens with one attached hydrogen (secondary N) is 1. The Morgan fingerprint density at radius 2 is 2.00 bits per heavy atom. The molecule has 0 saturated carbocycles. The van der Waals surface area contributed by atoms with E-state index < -0.39 is 0 Å².